The predicted molar refractivity (Wildman–Crippen MR) is 123 cm³/mol. The van der Waals surface area contributed by atoms with E-state index in [-0.39, 0.29) is 24.4 Å². The van der Waals surface area contributed by atoms with Crippen molar-refractivity contribution in [3.8, 4) is 0 Å². The molecule has 6 nitrogen and oxygen atoms in total. The number of carbonyl (C=O) groups excluding carboxylic acids is 2. The maximum Gasteiger partial charge on any atom is 0.252 e. The number of aromatic nitrogens is 2. The fraction of sp³-hybridized carbons (Fsp3) is 0.208. The molecule has 0 fully saturated rings. The van der Waals surface area contributed by atoms with Gasteiger partial charge in [0, 0.05) is 10.4 Å². The summed E-state index contributed by atoms with van der Waals surface area (Å²) in [5.74, 6) is 0.385. The number of nitrogens with zero attached hydrogens (tertiary/aromatic N) is 2. The Balaban J connectivity index is 1.56. The standard InChI is InChI=1S/C24H24N4O2S/c1-16-8-3-4-10-19(16)24(30)26-17(2)23-27-20-11-5-6-12-21(20)28(23)15-22(29)25-14-18-9-7-13-31-18/h3-13,17H,14-15H2,1-2H3,(H,25,29)(H,26,30). The van der Waals surface area contributed by atoms with Gasteiger partial charge < -0.3 is 15.2 Å². The molecule has 4 aromatic rings. The lowest BCUT2D eigenvalue weighted by Crippen LogP contribution is -2.32. The topological polar surface area (TPSA) is 76.0 Å². The molecule has 1 atom stereocenters. The SMILES string of the molecule is Cc1ccccc1C(=O)NC(C)c1nc2ccccc2n1CC(=O)NCc1cccs1. The smallest absolute Gasteiger partial charge is 0.252 e. The van der Waals surface area contributed by atoms with Crippen molar-refractivity contribution in [1.82, 2.24) is 20.2 Å². The van der Waals surface area contributed by atoms with Crippen molar-refractivity contribution in [1.29, 1.82) is 0 Å². The van der Waals surface area contributed by atoms with Crippen LogP contribution in [0.15, 0.2) is 66.0 Å². The van der Waals surface area contributed by atoms with Gasteiger partial charge in [0.1, 0.15) is 12.4 Å². The summed E-state index contributed by atoms with van der Waals surface area (Å²) in [5.41, 5.74) is 3.20. The average Bonchev–Trinajstić information content (AvgIpc) is 3.41. The van der Waals surface area contributed by atoms with Crippen molar-refractivity contribution in [2.45, 2.75) is 33.0 Å². The molecule has 2 aromatic heterocycles. The van der Waals surface area contributed by atoms with Crippen molar-refractivity contribution in [3.63, 3.8) is 0 Å². The van der Waals surface area contributed by atoms with E-state index in [1.54, 1.807) is 17.4 Å². The molecule has 2 N–H and O–H groups in total. The fourth-order valence-electron chi connectivity index (χ4n) is 3.56. The largest absolute Gasteiger partial charge is 0.350 e. The summed E-state index contributed by atoms with van der Waals surface area (Å²) in [4.78, 5) is 31.3. The number of benzene rings is 2. The summed E-state index contributed by atoms with van der Waals surface area (Å²) >= 11 is 1.61. The summed E-state index contributed by atoms with van der Waals surface area (Å²) in [6.07, 6.45) is 0. The van der Waals surface area contributed by atoms with Crippen LogP contribution in [0.5, 0.6) is 0 Å². The minimum atomic E-state index is -0.371. The fourth-order valence-corrected chi connectivity index (χ4v) is 4.20. The monoisotopic (exact) mass is 432 g/mol. The van der Waals surface area contributed by atoms with Crippen molar-refractivity contribution >= 4 is 34.2 Å². The van der Waals surface area contributed by atoms with Gasteiger partial charge in [-0.3, -0.25) is 9.59 Å². The second-order valence-electron chi connectivity index (χ2n) is 7.41. The summed E-state index contributed by atoms with van der Waals surface area (Å²) < 4.78 is 1.88. The Morgan fingerprint density at radius 1 is 1.06 bits per heavy atom. The lowest BCUT2D eigenvalue weighted by Gasteiger charge is -2.17. The predicted octanol–water partition coefficient (Wildman–Crippen LogP) is 4.21. The third-order valence-corrected chi connectivity index (χ3v) is 6.03. The number of aryl methyl sites for hydroxylation is 1. The summed E-state index contributed by atoms with van der Waals surface area (Å²) in [6.45, 7) is 4.42. The second kappa shape index (κ2) is 9.14. The Morgan fingerprint density at radius 3 is 2.61 bits per heavy atom. The van der Waals surface area contributed by atoms with Gasteiger partial charge in [-0.25, -0.2) is 4.98 Å². The summed E-state index contributed by atoms with van der Waals surface area (Å²) in [6, 6.07) is 18.7. The molecule has 7 heteroatoms. The maximum atomic E-state index is 12.8. The number of hydrogen-bond acceptors (Lipinski definition) is 4. The van der Waals surface area contributed by atoms with Crippen molar-refractivity contribution in [2.24, 2.45) is 0 Å². The molecule has 0 saturated carbocycles. The number of carbonyl (C=O) groups is 2. The van der Waals surface area contributed by atoms with Gasteiger partial charge in [0.2, 0.25) is 5.91 Å². The molecule has 2 aromatic carbocycles. The third kappa shape index (κ3) is 4.67. The first-order chi connectivity index (χ1) is 15.0. The lowest BCUT2D eigenvalue weighted by atomic mass is 10.1. The highest BCUT2D eigenvalue weighted by Crippen LogP contribution is 2.21. The van der Waals surface area contributed by atoms with Gasteiger partial charge in [-0.1, -0.05) is 36.4 Å². The van der Waals surface area contributed by atoms with Crippen LogP contribution in [-0.4, -0.2) is 21.4 Å². The Kier molecular flexibility index (Phi) is 6.13. The minimum Gasteiger partial charge on any atom is -0.350 e. The molecular weight excluding hydrogens is 408 g/mol. The second-order valence-corrected chi connectivity index (χ2v) is 8.44. The maximum absolute atomic E-state index is 12.8. The van der Waals surface area contributed by atoms with E-state index in [4.69, 9.17) is 4.98 Å². The molecule has 2 amide bonds. The third-order valence-electron chi connectivity index (χ3n) is 5.15. The zero-order chi connectivity index (χ0) is 21.8. The van der Waals surface area contributed by atoms with Gasteiger partial charge in [-0.2, -0.15) is 0 Å². The van der Waals surface area contributed by atoms with Gasteiger partial charge in [0.15, 0.2) is 0 Å². The Morgan fingerprint density at radius 2 is 1.84 bits per heavy atom. The molecule has 31 heavy (non-hydrogen) atoms. The van der Waals surface area contributed by atoms with E-state index in [0.717, 1.165) is 21.5 Å². The van der Waals surface area contributed by atoms with Crippen LogP contribution < -0.4 is 10.6 Å². The quantitative estimate of drug-likeness (QED) is 0.459. The van der Waals surface area contributed by atoms with E-state index in [1.165, 1.54) is 0 Å². The number of amides is 2. The van der Waals surface area contributed by atoms with Crippen LogP contribution in [0.3, 0.4) is 0 Å². The van der Waals surface area contributed by atoms with Gasteiger partial charge in [-0.15, -0.1) is 11.3 Å². The number of thiophene rings is 1. The first-order valence-electron chi connectivity index (χ1n) is 10.1. The van der Waals surface area contributed by atoms with Gasteiger partial charge in [0.25, 0.3) is 5.91 Å². The highest BCUT2D eigenvalue weighted by molar-refractivity contribution is 7.09. The number of imidazole rings is 1. The Labute approximate surface area is 184 Å². The molecule has 2 heterocycles. The molecule has 0 aliphatic rings. The Bertz CT molecular complexity index is 1210. The molecule has 158 valence electrons. The van der Waals surface area contributed by atoms with E-state index in [2.05, 4.69) is 10.6 Å². The van der Waals surface area contributed by atoms with E-state index in [1.807, 2.05) is 78.4 Å². The van der Waals surface area contributed by atoms with Crippen LogP contribution in [0.2, 0.25) is 0 Å². The summed E-state index contributed by atoms with van der Waals surface area (Å²) in [7, 11) is 0. The molecule has 4 rings (SSSR count). The number of para-hydroxylation sites is 2. The van der Waals surface area contributed by atoms with E-state index in [9.17, 15) is 9.59 Å². The molecule has 1 unspecified atom stereocenters. The number of hydrogen-bond donors (Lipinski definition) is 2. The highest BCUT2D eigenvalue weighted by atomic mass is 32.1. The van der Waals surface area contributed by atoms with Crippen LogP contribution in [0.25, 0.3) is 11.0 Å². The number of nitrogens with one attached hydrogen (secondary N) is 2. The zero-order valence-electron chi connectivity index (χ0n) is 17.5. The molecule has 0 radical (unpaired) electrons. The van der Waals surface area contributed by atoms with E-state index in [0.29, 0.717) is 17.9 Å². The summed E-state index contributed by atoms with van der Waals surface area (Å²) in [5, 5.41) is 7.98. The lowest BCUT2D eigenvalue weighted by molar-refractivity contribution is -0.121. The van der Waals surface area contributed by atoms with Crippen LogP contribution >= 0.6 is 11.3 Å². The van der Waals surface area contributed by atoms with Gasteiger partial charge in [-0.05, 0) is 49.1 Å². The number of fused-ring (bicyclic) bond motifs is 1. The minimum absolute atomic E-state index is 0.102. The molecule has 0 bridgehead atoms. The van der Waals surface area contributed by atoms with Gasteiger partial charge in [0.05, 0.1) is 23.6 Å². The molecular formula is C24H24N4O2S. The molecule has 0 aliphatic carbocycles. The van der Waals surface area contributed by atoms with Crippen molar-refractivity contribution in [2.75, 3.05) is 0 Å². The molecule has 0 saturated heterocycles. The van der Waals surface area contributed by atoms with E-state index < -0.39 is 0 Å². The van der Waals surface area contributed by atoms with Crippen LogP contribution in [0.1, 0.15) is 39.6 Å². The average molecular weight is 433 g/mol. The molecule has 0 spiro atoms. The first kappa shape index (κ1) is 20.8. The normalized spacial score (nSPS) is 11.9. The van der Waals surface area contributed by atoms with Crippen molar-refractivity contribution in [3.05, 3.63) is 87.9 Å². The number of rotatable bonds is 7. The highest BCUT2D eigenvalue weighted by Gasteiger charge is 2.21. The zero-order valence-corrected chi connectivity index (χ0v) is 18.3. The van der Waals surface area contributed by atoms with Crippen molar-refractivity contribution < 1.29 is 9.59 Å². The van der Waals surface area contributed by atoms with E-state index >= 15 is 0 Å². The van der Waals surface area contributed by atoms with Gasteiger partial charge >= 0.3 is 0 Å². The van der Waals surface area contributed by atoms with Crippen LogP contribution in [0.4, 0.5) is 0 Å². The van der Waals surface area contributed by atoms with Crippen LogP contribution in [-0.2, 0) is 17.9 Å². The first-order valence-corrected chi connectivity index (χ1v) is 11.0. The van der Waals surface area contributed by atoms with Crippen LogP contribution in [0, 0.1) is 6.92 Å². The molecule has 0 aliphatic heterocycles. The Hall–Kier alpha value is -3.45.